The van der Waals surface area contributed by atoms with Gasteiger partial charge in [0.05, 0.1) is 5.57 Å². The molecule has 1 heterocycles. The number of hydrogen-bond acceptors (Lipinski definition) is 4. The highest BCUT2D eigenvalue weighted by Crippen LogP contribution is 2.35. The average Bonchev–Trinajstić information content (AvgIpc) is 2.97. The number of amides is 2. The highest BCUT2D eigenvalue weighted by Gasteiger charge is 2.26. The number of carbonyl (C=O) groups is 2. The zero-order chi connectivity index (χ0) is 19.6. The van der Waals surface area contributed by atoms with Crippen molar-refractivity contribution in [1.82, 2.24) is 0 Å². The molecule has 0 saturated carbocycles. The van der Waals surface area contributed by atoms with Crippen LogP contribution in [0.4, 0.5) is 22.7 Å². The molecule has 3 rings (SSSR count). The highest BCUT2D eigenvalue weighted by atomic mass is 16.2. The van der Waals surface area contributed by atoms with Crippen LogP contribution in [0.3, 0.4) is 0 Å². The third-order valence-electron chi connectivity index (χ3n) is 4.59. The van der Waals surface area contributed by atoms with Crippen molar-refractivity contribution >= 4 is 40.1 Å². The number of benzene rings is 2. The first-order chi connectivity index (χ1) is 12.9. The summed E-state index contributed by atoms with van der Waals surface area (Å²) in [5.74, 6) is -0.0598. The van der Waals surface area contributed by atoms with Crippen LogP contribution in [0.1, 0.15) is 32.3 Å². The molecule has 0 radical (unpaired) electrons. The molecular formula is C21H24N4O2. The van der Waals surface area contributed by atoms with Crippen molar-refractivity contribution in [3.63, 3.8) is 0 Å². The lowest BCUT2D eigenvalue weighted by atomic mass is 10.0. The lowest BCUT2D eigenvalue weighted by Crippen LogP contribution is -2.25. The maximum atomic E-state index is 12.4. The smallest absolute Gasteiger partial charge is 0.258 e. The van der Waals surface area contributed by atoms with Crippen molar-refractivity contribution in [2.45, 2.75) is 26.7 Å². The molecule has 4 N–H and O–H groups in total. The summed E-state index contributed by atoms with van der Waals surface area (Å²) in [6.07, 6.45) is 1.35. The number of nitrogens with one attached hydrogen (secondary N) is 2. The Morgan fingerprint density at radius 2 is 1.89 bits per heavy atom. The van der Waals surface area contributed by atoms with E-state index < -0.39 is 0 Å². The van der Waals surface area contributed by atoms with E-state index >= 15 is 0 Å². The maximum absolute atomic E-state index is 12.4. The van der Waals surface area contributed by atoms with E-state index in [0.717, 1.165) is 34.7 Å². The van der Waals surface area contributed by atoms with Gasteiger partial charge >= 0.3 is 0 Å². The second-order valence-electron chi connectivity index (χ2n) is 6.63. The molecule has 0 saturated heterocycles. The van der Waals surface area contributed by atoms with Gasteiger partial charge in [-0.15, -0.1) is 0 Å². The van der Waals surface area contributed by atoms with E-state index in [1.54, 1.807) is 30.1 Å². The summed E-state index contributed by atoms with van der Waals surface area (Å²) in [4.78, 5) is 26.0. The van der Waals surface area contributed by atoms with E-state index in [0.29, 0.717) is 17.7 Å². The number of rotatable bonds is 5. The number of nitrogens with two attached hydrogens (primary N) is 1. The van der Waals surface area contributed by atoms with Crippen LogP contribution < -0.4 is 21.3 Å². The number of hydrogen-bond donors (Lipinski definition) is 3. The van der Waals surface area contributed by atoms with Crippen LogP contribution in [-0.2, 0) is 9.59 Å². The summed E-state index contributed by atoms with van der Waals surface area (Å²) >= 11 is 0. The average molecular weight is 364 g/mol. The van der Waals surface area contributed by atoms with Gasteiger partial charge in [-0.25, -0.2) is 0 Å². The molecule has 0 atom stereocenters. The van der Waals surface area contributed by atoms with Crippen molar-refractivity contribution in [2.75, 3.05) is 28.3 Å². The first-order valence-corrected chi connectivity index (χ1v) is 8.96. The summed E-state index contributed by atoms with van der Waals surface area (Å²) in [7, 11) is 1.78. The fourth-order valence-corrected chi connectivity index (χ4v) is 3.13. The van der Waals surface area contributed by atoms with Gasteiger partial charge in [-0.3, -0.25) is 9.59 Å². The predicted octanol–water partition coefficient (Wildman–Crippen LogP) is 3.83. The van der Waals surface area contributed by atoms with Crippen LogP contribution in [0.5, 0.6) is 0 Å². The summed E-state index contributed by atoms with van der Waals surface area (Å²) < 4.78 is 0. The van der Waals surface area contributed by atoms with E-state index in [-0.39, 0.29) is 11.8 Å². The second kappa shape index (κ2) is 7.53. The highest BCUT2D eigenvalue weighted by molar-refractivity contribution is 6.32. The molecule has 0 bridgehead atoms. The van der Waals surface area contributed by atoms with Crippen molar-refractivity contribution in [3.8, 4) is 0 Å². The summed E-state index contributed by atoms with van der Waals surface area (Å²) in [5, 5.41) is 6.12. The Kier molecular flexibility index (Phi) is 5.16. The molecule has 140 valence electrons. The Balaban J connectivity index is 1.82. The first kappa shape index (κ1) is 18.5. The van der Waals surface area contributed by atoms with Crippen LogP contribution in [0.15, 0.2) is 48.2 Å². The fraction of sp³-hybridized carbons (Fsp3) is 0.238. The molecular weight excluding hydrogens is 340 g/mol. The molecule has 0 spiro atoms. The molecule has 2 amide bonds. The predicted molar refractivity (Wildman–Crippen MR) is 110 cm³/mol. The zero-order valence-corrected chi connectivity index (χ0v) is 15.8. The number of carbonyl (C=O) groups excluding carboxylic acids is 2. The van der Waals surface area contributed by atoms with E-state index in [1.165, 1.54) is 0 Å². The van der Waals surface area contributed by atoms with Crippen molar-refractivity contribution < 1.29 is 9.59 Å². The van der Waals surface area contributed by atoms with Crippen LogP contribution in [0, 0.1) is 0 Å². The lowest BCUT2D eigenvalue weighted by Gasteiger charge is -2.18. The van der Waals surface area contributed by atoms with E-state index in [2.05, 4.69) is 10.6 Å². The Labute approximate surface area is 159 Å². The second-order valence-corrected chi connectivity index (χ2v) is 6.63. The zero-order valence-electron chi connectivity index (χ0n) is 15.8. The van der Waals surface area contributed by atoms with Gasteiger partial charge < -0.3 is 21.3 Å². The fourth-order valence-electron chi connectivity index (χ4n) is 3.13. The SMILES string of the molecule is CCCC(=O)N(C)c1ccc(NC(C)=C2C(=O)Nc3ccc(N)cc32)cc1. The first-order valence-electron chi connectivity index (χ1n) is 8.96. The lowest BCUT2D eigenvalue weighted by molar-refractivity contribution is -0.118. The third kappa shape index (κ3) is 3.79. The van der Waals surface area contributed by atoms with Crippen LogP contribution >= 0.6 is 0 Å². The van der Waals surface area contributed by atoms with Gasteiger partial charge in [-0.1, -0.05) is 6.92 Å². The Hall–Kier alpha value is -3.28. The minimum Gasteiger partial charge on any atom is -0.399 e. The molecule has 0 aliphatic carbocycles. The number of nitrogens with zero attached hydrogens (tertiary/aromatic N) is 1. The Morgan fingerprint density at radius 1 is 1.19 bits per heavy atom. The Morgan fingerprint density at radius 3 is 2.56 bits per heavy atom. The molecule has 2 aromatic carbocycles. The summed E-state index contributed by atoms with van der Waals surface area (Å²) in [6.45, 7) is 3.85. The molecule has 0 fully saturated rings. The number of allylic oxidation sites excluding steroid dienone is 1. The van der Waals surface area contributed by atoms with Crippen molar-refractivity contribution in [2.24, 2.45) is 0 Å². The van der Waals surface area contributed by atoms with Gasteiger partial charge in [-0.2, -0.15) is 0 Å². The van der Waals surface area contributed by atoms with Crippen LogP contribution in [-0.4, -0.2) is 18.9 Å². The number of nitrogen functional groups attached to an aromatic ring is 1. The monoisotopic (exact) mass is 364 g/mol. The minimum absolute atomic E-state index is 0.0910. The number of fused-ring (bicyclic) bond motifs is 1. The maximum Gasteiger partial charge on any atom is 0.258 e. The molecule has 1 aliphatic heterocycles. The summed E-state index contributed by atoms with van der Waals surface area (Å²) in [6, 6.07) is 12.9. The molecule has 2 aromatic rings. The largest absolute Gasteiger partial charge is 0.399 e. The van der Waals surface area contributed by atoms with E-state index in [9.17, 15) is 9.59 Å². The quantitative estimate of drug-likeness (QED) is 0.556. The Bertz CT molecular complexity index is 916. The molecule has 6 nitrogen and oxygen atoms in total. The van der Waals surface area contributed by atoms with Gasteiger partial charge in [0.1, 0.15) is 0 Å². The molecule has 6 heteroatoms. The van der Waals surface area contributed by atoms with Crippen LogP contribution in [0.25, 0.3) is 5.57 Å². The van der Waals surface area contributed by atoms with Gasteiger partial charge in [0, 0.05) is 47.5 Å². The summed E-state index contributed by atoms with van der Waals surface area (Å²) in [5.41, 5.74) is 11.0. The minimum atomic E-state index is -0.151. The molecule has 0 aromatic heterocycles. The van der Waals surface area contributed by atoms with Gasteiger partial charge in [0.15, 0.2) is 0 Å². The third-order valence-corrected chi connectivity index (χ3v) is 4.59. The number of anilines is 4. The molecule has 0 unspecified atom stereocenters. The standard InChI is InChI=1S/C21H24N4O2/c1-4-5-19(26)25(3)16-9-7-15(8-10-16)23-13(2)20-17-12-14(22)6-11-18(17)24-21(20)27/h6-12,23H,4-5,22H2,1-3H3,(H,24,27). The van der Waals surface area contributed by atoms with Gasteiger partial charge in [-0.05, 0) is 55.8 Å². The van der Waals surface area contributed by atoms with Crippen molar-refractivity contribution in [1.29, 1.82) is 0 Å². The van der Waals surface area contributed by atoms with Crippen LogP contribution in [0.2, 0.25) is 0 Å². The van der Waals surface area contributed by atoms with Gasteiger partial charge in [0.2, 0.25) is 5.91 Å². The van der Waals surface area contributed by atoms with E-state index in [4.69, 9.17) is 5.73 Å². The molecule has 1 aliphatic rings. The van der Waals surface area contributed by atoms with E-state index in [1.807, 2.05) is 38.1 Å². The topological polar surface area (TPSA) is 87.5 Å². The van der Waals surface area contributed by atoms with Crippen molar-refractivity contribution in [3.05, 3.63) is 53.7 Å². The normalized spacial score (nSPS) is 14.4. The molecule has 27 heavy (non-hydrogen) atoms. The van der Waals surface area contributed by atoms with Gasteiger partial charge in [0.25, 0.3) is 5.91 Å².